The van der Waals surface area contributed by atoms with Crippen molar-refractivity contribution >= 4 is 55.5 Å². The minimum absolute atomic E-state index is 0.0647. The lowest BCUT2D eigenvalue weighted by molar-refractivity contribution is 0.0697. The Kier molecular flexibility index (Phi) is 4.29. The number of aromatic nitrogens is 1. The number of halogens is 1. The number of carboxylic acid groups (broad SMARTS) is 1. The average Bonchev–Trinajstić information content (AvgIpc) is 2.93. The van der Waals surface area contributed by atoms with Crippen molar-refractivity contribution in [3.63, 3.8) is 0 Å². The van der Waals surface area contributed by atoms with E-state index in [-0.39, 0.29) is 20.5 Å². The van der Waals surface area contributed by atoms with Crippen LogP contribution in [0.3, 0.4) is 0 Å². The molecular formula is C11H11ClN2O4S3. The van der Waals surface area contributed by atoms with Gasteiger partial charge in [0.1, 0.15) is 14.8 Å². The number of nitrogens with zero attached hydrogens (tertiary/aromatic N) is 2. The third kappa shape index (κ3) is 2.78. The molecule has 6 nitrogen and oxygen atoms in total. The monoisotopic (exact) mass is 366 g/mol. The predicted octanol–water partition coefficient (Wildman–Crippen LogP) is 3.00. The second kappa shape index (κ2) is 5.56. The number of aromatic carboxylic acids is 1. The van der Waals surface area contributed by atoms with Gasteiger partial charge in [-0.15, -0.1) is 11.3 Å². The van der Waals surface area contributed by atoms with Gasteiger partial charge in [0.05, 0.1) is 10.0 Å². The molecule has 0 saturated carbocycles. The van der Waals surface area contributed by atoms with Crippen molar-refractivity contribution in [1.82, 2.24) is 4.37 Å². The Morgan fingerprint density at radius 3 is 2.52 bits per heavy atom. The maximum absolute atomic E-state index is 12.5. The summed E-state index contributed by atoms with van der Waals surface area (Å²) in [5.74, 6) is -1.21. The van der Waals surface area contributed by atoms with E-state index in [0.29, 0.717) is 9.90 Å². The number of hydrogen-bond acceptors (Lipinski definition) is 6. The third-order valence-electron chi connectivity index (χ3n) is 2.79. The van der Waals surface area contributed by atoms with E-state index < -0.39 is 16.0 Å². The molecule has 0 amide bonds. The van der Waals surface area contributed by atoms with Crippen LogP contribution >= 0.6 is 34.5 Å². The first-order valence-corrected chi connectivity index (χ1v) is 9.01. The quantitative estimate of drug-likeness (QED) is 0.898. The van der Waals surface area contributed by atoms with E-state index in [2.05, 4.69) is 4.37 Å². The summed E-state index contributed by atoms with van der Waals surface area (Å²) in [4.78, 5) is 11.3. The van der Waals surface area contributed by atoms with E-state index in [1.54, 1.807) is 6.92 Å². The Hall–Kier alpha value is -1.16. The summed E-state index contributed by atoms with van der Waals surface area (Å²) in [5, 5.41) is 9.27. The van der Waals surface area contributed by atoms with Gasteiger partial charge in [-0.3, -0.25) is 4.31 Å². The SMILES string of the molecule is Cc1cc(S(=O)(=O)N(C)c2snc(C)c2C(=O)O)sc1Cl. The summed E-state index contributed by atoms with van der Waals surface area (Å²) in [7, 11) is -2.56. The van der Waals surface area contributed by atoms with E-state index in [1.807, 2.05) is 0 Å². The van der Waals surface area contributed by atoms with Crippen molar-refractivity contribution in [2.75, 3.05) is 11.4 Å². The van der Waals surface area contributed by atoms with Gasteiger partial charge < -0.3 is 5.11 Å². The number of hydrogen-bond donors (Lipinski definition) is 1. The zero-order valence-corrected chi connectivity index (χ0v) is 14.5. The lowest BCUT2D eigenvalue weighted by atomic mass is 10.2. The first-order chi connectivity index (χ1) is 9.66. The van der Waals surface area contributed by atoms with Gasteiger partial charge in [0.25, 0.3) is 10.0 Å². The number of sulfonamides is 1. The molecule has 0 fully saturated rings. The highest BCUT2D eigenvalue weighted by molar-refractivity contribution is 7.95. The molecular weight excluding hydrogens is 356 g/mol. The minimum Gasteiger partial charge on any atom is -0.478 e. The number of carbonyl (C=O) groups is 1. The maximum Gasteiger partial charge on any atom is 0.340 e. The predicted molar refractivity (Wildman–Crippen MR) is 83.5 cm³/mol. The van der Waals surface area contributed by atoms with Crippen LogP contribution in [0.15, 0.2) is 10.3 Å². The molecule has 0 saturated heterocycles. The standard InChI is InChI=1S/C11H11ClN2O4S3/c1-5-4-7(19-9(5)12)21(17,18)14(3)10-8(11(15)16)6(2)13-20-10/h4H,1-3H3,(H,15,16). The molecule has 0 aliphatic carbocycles. The van der Waals surface area contributed by atoms with Gasteiger partial charge in [0.2, 0.25) is 0 Å². The van der Waals surface area contributed by atoms with Gasteiger partial charge in [-0.25, -0.2) is 13.2 Å². The van der Waals surface area contributed by atoms with E-state index in [0.717, 1.165) is 27.2 Å². The highest BCUT2D eigenvalue weighted by Gasteiger charge is 2.30. The Labute approximate surface area is 134 Å². The average molecular weight is 367 g/mol. The number of aryl methyl sites for hydroxylation is 2. The van der Waals surface area contributed by atoms with Gasteiger partial charge >= 0.3 is 5.97 Å². The minimum atomic E-state index is -3.86. The zero-order valence-electron chi connectivity index (χ0n) is 11.2. The van der Waals surface area contributed by atoms with Crippen LogP contribution in [0.5, 0.6) is 0 Å². The van der Waals surface area contributed by atoms with Crippen molar-refractivity contribution in [2.24, 2.45) is 0 Å². The summed E-state index contributed by atoms with van der Waals surface area (Å²) in [5.41, 5.74) is 0.836. The lowest BCUT2D eigenvalue weighted by Crippen LogP contribution is -2.26. The molecule has 2 heterocycles. The molecule has 0 spiro atoms. The zero-order chi connectivity index (χ0) is 15.9. The molecule has 114 valence electrons. The first kappa shape index (κ1) is 16.2. The largest absolute Gasteiger partial charge is 0.478 e. The molecule has 0 radical (unpaired) electrons. The van der Waals surface area contributed by atoms with Gasteiger partial charge in [0.15, 0.2) is 0 Å². The van der Waals surface area contributed by atoms with Gasteiger partial charge in [-0.05, 0) is 37.0 Å². The molecule has 1 N–H and O–H groups in total. The molecule has 2 aromatic heterocycles. The van der Waals surface area contributed by atoms with E-state index in [9.17, 15) is 18.3 Å². The molecule has 2 rings (SSSR count). The van der Waals surface area contributed by atoms with Crippen molar-refractivity contribution in [2.45, 2.75) is 18.1 Å². The number of thiophene rings is 1. The van der Waals surface area contributed by atoms with Crippen molar-refractivity contribution < 1.29 is 18.3 Å². The summed E-state index contributed by atoms with van der Waals surface area (Å²) in [6.07, 6.45) is 0. The van der Waals surface area contributed by atoms with E-state index in [1.165, 1.54) is 20.0 Å². The van der Waals surface area contributed by atoms with Crippen LogP contribution in [0.4, 0.5) is 5.00 Å². The van der Waals surface area contributed by atoms with Crippen LogP contribution < -0.4 is 4.31 Å². The van der Waals surface area contributed by atoms with Gasteiger partial charge in [-0.2, -0.15) is 4.37 Å². The van der Waals surface area contributed by atoms with Crippen molar-refractivity contribution in [3.05, 3.63) is 27.2 Å². The first-order valence-electron chi connectivity index (χ1n) is 5.60. The molecule has 0 aliphatic rings. The van der Waals surface area contributed by atoms with Crippen LogP contribution in [-0.4, -0.2) is 30.9 Å². The second-order valence-corrected chi connectivity index (χ2v) is 8.85. The smallest absolute Gasteiger partial charge is 0.340 e. The molecule has 0 aromatic carbocycles. The Morgan fingerprint density at radius 1 is 1.43 bits per heavy atom. The molecule has 0 unspecified atom stereocenters. The number of carboxylic acids is 1. The summed E-state index contributed by atoms with van der Waals surface area (Å²) < 4.78 is 30.4. The van der Waals surface area contributed by atoms with Crippen molar-refractivity contribution in [3.8, 4) is 0 Å². The summed E-state index contributed by atoms with van der Waals surface area (Å²) in [6, 6.07) is 1.47. The molecule has 0 atom stereocenters. The van der Waals surface area contributed by atoms with Crippen LogP contribution in [0.25, 0.3) is 0 Å². The van der Waals surface area contributed by atoms with Crippen LogP contribution in [0.2, 0.25) is 4.34 Å². The third-order valence-corrected chi connectivity index (χ3v) is 7.69. The topological polar surface area (TPSA) is 87.6 Å². The Morgan fingerprint density at radius 2 is 2.05 bits per heavy atom. The van der Waals surface area contributed by atoms with E-state index >= 15 is 0 Å². The fourth-order valence-corrected chi connectivity index (χ4v) is 5.76. The molecule has 2 aromatic rings. The molecule has 10 heteroatoms. The summed E-state index contributed by atoms with van der Waals surface area (Å²) in [6.45, 7) is 3.23. The van der Waals surface area contributed by atoms with Crippen LogP contribution in [0.1, 0.15) is 21.6 Å². The van der Waals surface area contributed by atoms with Crippen LogP contribution in [-0.2, 0) is 10.0 Å². The van der Waals surface area contributed by atoms with Crippen LogP contribution in [0, 0.1) is 13.8 Å². The fourth-order valence-electron chi connectivity index (χ4n) is 1.62. The highest BCUT2D eigenvalue weighted by atomic mass is 35.5. The van der Waals surface area contributed by atoms with Gasteiger partial charge in [0, 0.05) is 7.05 Å². The molecule has 21 heavy (non-hydrogen) atoms. The van der Waals surface area contributed by atoms with Gasteiger partial charge in [-0.1, -0.05) is 11.6 Å². The Bertz CT molecular complexity index is 790. The summed E-state index contributed by atoms with van der Waals surface area (Å²) >= 11 is 7.67. The van der Waals surface area contributed by atoms with Crippen molar-refractivity contribution in [1.29, 1.82) is 0 Å². The number of rotatable bonds is 4. The second-order valence-electron chi connectivity index (χ2n) is 4.25. The fraction of sp³-hybridized carbons (Fsp3) is 0.273. The maximum atomic E-state index is 12.5. The highest BCUT2D eigenvalue weighted by Crippen LogP contribution is 2.36. The molecule has 0 bridgehead atoms. The lowest BCUT2D eigenvalue weighted by Gasteiger charge is -2.16. The van der Waals surface area contributed by atoms with E-state index in [4.69, 9.17) is 11.6 Å². The Balaban J connectivity index is 2.53. The number of anilines is 1. The normalized spacial score (nSPS) is 11.6. The molecule has 0 aliphatic heterocycles.